The fourth-order valence-corrected chi connectivity index (χ4v) is 3.43. The van der Waals surface area contributed by atoms with Gasteiger partial charge in [0.05, 0.1) is 23.4 Å². The Labute approximate surface area is 208 Å². The predicted molar refractivity (Wildman–Crippen MR) is 123 cm³/mol. The van der Waals surface area contributed by atoms with Gasteiger partial charge in [-0.05, 0) is 47.9 Å². The number of hydrogen-bond acceptors (Lipinski definition) is 5. The number of carboxylic acid groups (broad SMARTS) is 1. The maximum atomic E-state index is 13.5. The number of benzene rings is 2. The molecule has 0 saturated carbocycles. The lowest BCUT2D eigenvalue weighted by atomic mass is 9.95. The number of aromatic amines is 1. The Morgan fingerprint density at radius 3 is 2.43 bits per heavy atom. The fourth-order valence-electron chi connectivity index (χ4n) is 3.43. The number of anilines is 1. The topological polar surface area (TPSA) is 125 Å². The second-order valence-corrected chi connectivity index (χ2v) is 8.20. The van der Waals surface area contributed by atoms with Gasteiger partial charge in [-0.3, -0.25) is 14.7 Å². The van der Waals surface area contributed by atoms with Crippen LogP contribution in [-0.2, 0) is 16.0 Å². The van der Waals surface area contributed by atoms with Crippen molar-refractivity contribution in [2.75, 3.05) is 26.0 Å². The molecular weight excluding hydrogens is 500 g/mol. The summed E-state index contributed by atoms with van der Waals surface area (Å²) in [7, 11) is 3.30. The molecule has 0 aliphatic carbocycles. The van der Waals surface area contributed by atoms with Crippen LogP contribution in [0.1, 0.15) is 15.9 Å². The van der Waals surface area contributed by atoms with Crippen LogP contribution in [0.25, 0.3) is 11.1 Å². The molecule has 0 spiro atoms. The summed E-state index contributed by atoms with van der Waals surface area (Å²) in [6.07, 6.45) is -1.33. The summed E-state index contributed by atoms with van der Waals surface area (Å²) in [5, 5.41) is 16.7. The average Bonchev–Trinajstić information content (AvgIpc) is 3.38. The number of carboxylic acids is 1. The maximum Gasteiger partial charge on any atom is 0.490 e. The summed E-state index contributed by atoms with van der Waals surface area (Å²) in [5.74, 6) is -3.54. The number of nitrogens with one attached hydrogen (secondary N) is 2. The number of ether oxygens (including phenoxy) is 1. The second kappa shape index (κ2) is 11.1. The molecule has 4 rings (SSSR count). The SMILES string of the molecule is CN(C)C(=O)c1cc(-c2cn[nH]c2)ccc1NC(=O)C1COc2ccc(F)cc2C1.O=C(O)C(F)(F)F. The second-order valence-electron chi connectivity index (χ2n) is 8.20. The highest BCUT2D eigenvalue weighted by Crippen LogP contribution is 2.30. The van der Waals surface area contributed by atoms with Crippen molar-refractivity contribution in [2.24, 2.45) is 5.92 Å². The molecule has 0 fully saturated rings. The van der Waals surface area contributed by atoms with Crippen LogP contribution in [0.15, 0.2) is 48.8 Å². The van der Waals surface area contributed by atoms with Crippen LogP contribution < -0.4 is 10.1 Å². The van der Waals surface area contributed by atoms with E-state index in [9.17, 15) is 27.2 Å². The first-order valence-corrected chi connectivity index (χ1v) is 10.7. The van der Waals surface area contributed by atoms with Gasteiger partial charge in [0, 0.05) is 25.9 Å². The summed E-state index contributed by atoms with van der Waals surface area (Å²) in [6.45, 7) is 0.189. The molecule has 13 heteroatoms. The predicted octanol–water partition coefficient (Wildman–Crippen LogP) is 3.74. The molecular formula is C24H22F4N4O5. The monoisotopic (exact) mass is 522 g/mol. The lowest BCUT2D eigenvalue weighted by molar-refractivity contribution is -0.192. The maximum absolute atomic E-state index is 13.5. The van der Waals surface area contributed by atoms with Crippen molar-refractivity contribution in [2.45, 2.75) is 12.6 Å². The third kappa shape index (κ3) is 6.84. The molecule has 0 saturated heterocycles. The highest BCUT2D eigenvalue weighted by Gasteiger charge is 2.38. The van der Waals surface area contributed by atoms with Gasteiger partial charge >= 0.3 is 12.1 Å². The lowest BCUT2D eigenvalue weighted by Crippen LogP contribution is -2.33. The molecule has 1 aliphatic heterocycles. The molecule has 1 unspecified atom stereocenters. The van der Waals surface area contributed by atoms with E-state index in [0.717, 1.165) is 11.1 Å². The zero-order valence-electron chi connectivity index (χ0n) is 19.6. The number of amides is 2. The molecule has 1 aromatic heterocycles. The number of H-pyrrole nitrogens is 1. The Bertz CT molecular complexity index is 1290. The summed E-state index contributed by atoms with van der Waals surface area (Å²) in [6, 6.07) is 9.53. The third-order valence-electron chi connectivity index (χ3n) is 5.29. The standard InChI is InChI=1S/C22H21FN4O3.C2HF3O2/c1-27(2)22(29)18-9-13(16-10-24-25-11-16)3-5-19(18)26-21(28)15-7-14-8-17(23)4-6-20(14)30-12-15;3-2(4,5)1(6)7/h3-6,8-11,15H,7,12H2,1-2H3,(H,24,25)(H,26,28);(H,6,7). The Kier molecular flexibility index (Phi) is 8.15. The molecule has 2 amide bonds. The number of hydrogen-bond donors (Lipinski definition) is 3. The van der Waals surface area contributed by atoms with Crippen LogP contribution in [0.3, 0.4) is 0 Å². The van der Waals surface area contributed by atoms with E-state index in [4.69, 9.17) is 14.6 Å². The van der Waals surface area contributed by atoms with Gasteiger partial charge in [-0.2, -0.15) is 18.3 Å². The van der Waals surface area contributed by atoms with Crippen LogP contribution >= 0.6 is 0 Å². The van der Waals surface area contributed by atoms with E-state index in [1.165, 1.54) is 17.0 Å². The number of rotatable bonds is 4. The molecule has 2 heterocycles. The first-order chi connectivity index (χ1) is 17.4. The molecule has 1 atom stereocenters. The zero-order valence-corrected chi connectivity index (χ0v) is 19.6. The molecule has 37 heavy (non-hydrogen) atoms. The normalized spacial score (nSPS) is 14.4. The molecule has 2 aromatic carbocycles. The summed E-state index contributed by atoms with van der Waals surface area (Å²) < 4.78 is 50.9. The molecule has 0 radical (unpaired) electrons. The quantitative estimate of drug-likeness (QED) is 0.449. The number of aromatic nitrogens is 2. The van der Waals surface area contributed by atoms with Gasteiger partial charge in [-0.25, -0.2) is 9.18 Å². The van der Waals surface area contributed by atoms with E-state index in [0.29, 0.717) is 29.0 Å². The van der Waals surface area contributed by atoms with Gasteiger partial charge in [-0.15, -0.1) is 0 Å². The highest BCUT2D eigenvalue weighted by atomic mass is 19.4. The Balaban J connectivity index is 0.000000479. The van der Waals surface area contributed by atoms with E-state index in [-0.39, 0.29) is 24.2 Å². The third-order valence-corrected chi connectivity index (χ3v) is 5.29. The molecule has 196 valence electrons. The van der Waals surface area contributed by atoms with E-state index < -0.39 is 18.1 Å². The Morgan fingerprint density at radius 2 is 1.84 bits per heavy atom. The van der Waals surface area contributed by atoms with Crippen molar-refractivity contribution in [3.8, 4) is 16.9 Å². The first kappa shape index (κ1) is 27.2. The molecule has 3 N–H and O–H groups in total. The van der Waals surface area contributed by atoms with Crippen LogP contribution in [0.2, 0.25) is 0 Å². The number of carbonyl (C=O) groups is 3. The first-order valence-electron chi connectivity index (χ1n) is 10.7. The van der Waals surface area contributed by atoms with Crippen molar-refractivity contribution < 1.29 is 41.8 Å². The van der Waals surface area contributed by atoms with Crippen LogP contribution in [-0.4, -0.2) is 64.9 Å². The van der Waals surface area contributed by atoms with Gasteiger partial charge in [0.25, 0.3) is 5.91 Å². The van der Waals surface area contributed by atoms with Crippen LogP contribution in [0, 0.1) is 11.7 Å². The van der Waals surface area contributed by atoms with Crippen molar-refractivity contribution in [1.29, 1.82) is 0 Å². The molecule has 0 bridgehead atoms. The summed E-state index contributed by atoms with van der Waals surface area (Å²) >= 11 is 0. The number of aliphatic carboxylic acids is 1. The van der Waals surface area contributed by atoms with E-state index >= 15 is 0 Å². The van der Waals surface area contributed by atoms with Gasteiger partial charge in [0.1, 0.15) is 18.2 Å². The number of nitrogens with zero attached hydrogens (tertiary/aromatic N) is 2. The van der Waals surface area contributed by atoms with E-state index in [1.807, 2.05) is 6.07 Å². The molecule has 9 nitrogen and oxygen atoms in total. The van der Waals surface area contributed by atoms with Crippen LogP contribution in [0.5, 0.6) is 5.75 Å². The minimum Gasteiger partial charge on any atom is -0.492 e. The summed E-state index contributed by atoms with van der Waals surface area (Å²) in [4.78, 5) is 36.0. The minimum atomic E-state index is -5.08. The van der Waals surface area contributed by atoms with Crippen molar-refractivity contribution in [3.05, 3.63) is 65.7 Å². The number of carbonyl (C=O) groups excluding carboxylic acids is 2. The molecule has 1 aliphatic rings. The van der Waals surface area contributed by atoms with Crippen molar-refractivity contribution in [1.82, 2.24) is 15.1 Å². The largest absolute Gasteiger partial charge is 0.492 e. The number of fused-ring (bicyclic) bond motifs is 1. The fraction of sp³-hybridized carbons (Fsp3) is 0.250. The average molecular weight is 522 g/mol. The zero-order chi connectivity index (χ0) is 27.3. The Hall–Kier alpha value is -4.42. The van der Waals surface area contributed by atoms with Crippen molar-refractivity contribution in [3.63, 3.8) is 0 Å². The highest BCUT2D eigenvalue weighted by molar-refractivity contribution is 6.05. The van der Waals surface area contributed by atoms with Crippen molar-refractivity contribution >= 4 is 23.5 Å². The van der Waals surface area contributed by atoms with E-state index in [1.54, 1.807) is 44.7 Å². The van der Waals surface area contributed by atoms with Gasteiger partial charge in [-0.1, -0.05) is 6.07 Å². The van der Waals surface area contributed by atoms with Gasteiger partial charge in [0.15, 0.2) is 0 Å². The van der Waals surface area contributed by atoms with Crippen LogP contribution in [0.4, 0.5) is 23.2 Å². The molecule has 3 aromatic rings. The number of halogens is 4. The Morgan fingerprint density at radius 1 is 1.14 bits per heavy atom. The summed E-state index contributed by atoms with van der Waals surface area (Å²) in [5.41, 5.74) is 3.07. The minimum absolute atomic E-state index is 0.189. The smallest absolute Gasteiger partial charge is 0.490 e. The lowest BCUT2D eigenvalue weighted by Gasteiger charge is -2.25. The van der Waals surface area contributed by atoms with Gasteiger partial charge in [0.2, 0.25) is 5.91 Å². The van der Waals surface area contributed by atoms with E-state index in [2.05, 4.69) is 15.5 Å². The van der Waals surface area contributed by atoms with Gasteiger partial charge < -0.3 is 20.1 Å². The number of alkyl halides is 3.